The van der Waals surface area contributed by atoms with Crippen LogP contribution in [0.15, 0.2) is 12.1 Å². The molecule has 2 amide bonds. The van der Waals surface area contributed by atoms with E-state index in [1.807, 2.05) is 6.07 Å². The fourth-order valence-corrected chi connectivity index (χ4v) is 4.03. The van der Waals surface area contributed by atoms with Gasteiger partial charge < -0.3 is 0 Å². The van der Waals surface area contributed by atoms with Crippen LogP contribution in [0.2, 0.25) is 0 Å². The number of hydrogen-bond acceptors (Lipinski definition) is 4. The first-order chi connectivity index (χ1) is 10.3. The number of carbonyl (C=O) groups is 1. The molecule has 1 fully saturated rings. The number of amides is 2. The average Bonchev–Trinajstić information content (AvgIpc) is 2.54. The summed E-state index contributed by atoms with van der Waals surface area (Å²) in [6.45, 7) is 2.96. The van der Waals surface area contributed by atoms with Crippen LogP contribution in [0.3, 0.4) is 0 Å². The van der Waals surface area contributed by atoms with E-state index in [0.717, 1.165) is 48.4 Å². The third kappa shape index (κ3) is 4.19. The van der Waals surface area contributed by atoms with E-state index in [1.54, 1.807) is 0 Å². The molecule has 0 saturated carbocycles. The monoisotopic (exact) mass is 402 g/mol. The quantitative estimate of drug-likeness (QED) is 0.260. The Kier molecular flexibility index (Phi) is 5.13. The van der Waals surface area contributed by atoms with Gasteiger partial charge in [-0.2, -0.15) is 0 Å². The standard InChI is InChI=1S/C14H21IN5O/c21-14(18-11-5-8-16-9-6-11)20-15-12-4-3-10-2-1-7-17-13(10)19-12/h3-4,11,16H,1-2,5-9H2,(H,17,19)(H2,18,20,21)/q-1. The Labute approximate surface area is 135 Å². The predicted molar refractivity (Wildman–Crippen MR) is 77.3 cm³/mol. The summed E-state index contributed by atoms with van der Waals surface area (Å²) in [5.41, 5.74) is 1.29. The first kappa shape index (κ1) is 14.8. The zero-order chi connectivity index (χ0) is 14.5. The zero-order valence-corrected chi connectivity index (χ0v) is 14.1. The minimum absolute atomic E-state index is 0.0535. The third-order valence-corrected chi connectivity index (χ3v) is 5.68. The second-order valence-corrected chi connectivity index (χ2v) is 7.54. The SMILES string of the molecule is O=C(N[I-]c1ccc2c(n1)NCCC2)NC1CCNCC1. The predicted octanol–water partition coefficient (Wildman–Crippen LogP) is -2.34. The molecule has 21 heavy (non-hydrogen) atoms. The number of aromatic nitrogens is 1. The number of piperidine rings is 1. The van der Waals surface area contributed by atoms with Crippen molar-refractivity contribution in [3.63, 3.8) is 0 Å². The van der Waals surface area contributed by atoms with Crippen LogP contribution in [0.1, 0.15) is 24.8 Å². The summed E-state index contributed by atoms with van der Waals surface area (Å²) < 4.78 is 4.00. The minimum atomic E-state index is -0.588. The number of rotatable bonds is 3. The molecule has 0 spiro atoms. The van der Waals surface area contributed by atoms with E-state index >= 15 is 0 Å². The van der Waals surface area contributed by atoms with Crippen LogP contribution in [0.4, 0.5) is 10.6 Å². The molecule has 1 aromatic heterocycles. The summed E-state index contributed by atoms with van der Waals surface area (Å²) in [4.78, 5) is 16.5. The molecule has 7 heteroatoms. The normalized spacial score (nSPS) is 18.7. The fraction of sp³-hybridized carbons (Fsp3) is 0.571. The summed E-state index contributed by atoms with van der Waals surface area (Å²) in [7, 11) is 0. The molecule has 0 radical (unpaired) electrons. The second kappa shape index (κ2) is 7.26. The Morgan fingerprint density at radius 3 is 3.00 bits per heavy atom. The van der Waals surface area contributed by atoms with Crippen molar-refractivity contribution >= 4 is 11.8 Å². The van der Waals surface area contributed by atoms with Crippen molar-refractivity contribution < 1.29 is 26.3 Å². The number of pyridine rings is 1. The third-order valence-electron chi connectivity index (χ3n) is 3.76. The molecule has 1 saturated heterocycles. The number of hydrogen-bond donors (Lipinski definition) is 4. The number of anilines is 1. The topological polar surface area (TPSA) is 78.1 Å². The molecular weight excluding hydrogens is 381 g/mol. The van der Waals surface area contributed by atoms with Gasteiger partial charge in [0.15, 0.2) is 0 Å². The van der Waals surface area contributed by atoms with Crippen LogP contribution in [0.5, 0.6) is 0 Å². The summed E-state index contributed by atoms with van der Waals surface area (Å²) in [5, 5.41) is 9.67. The van der Waals surface area contributed by atoms with Crippen molar-refractivity contribution in [2.24, 2.45) is 0 Å². The molecule has 2 aliphatic rings. The van der Waals surface area contributed by atoms with Gasteiger partial charge in [0, 0.05) is 0 Å². The first-order valence-corrected chi connectivity index (χ1v) is 9.62. The van der Waals surface area contributed by atoms with E-state index in [-0.39, 0.29) is 6.03 Å². The van der Waals surface area contributed by atoms with Crippen LogP contribution in [-0.4, -0.2) is 36.7 Å². The number of urea groups is 1. The van der Waals surface area contributed by atoms with E-state index in [2.05, 4.69) is 30.5 Å². The molecule has 3 heterocycles. The maximum atomic E-state index is 11.9. The van der Waals surface area contributed by atoms with E-state index < -0.39 is 21.5 Å². The molecule has 0 bridgehead atoms. The molecule has 3 rings (SSSR count). The van der Waals surface area contributed by atoms with Crippen molar-refractivity contribution in [1.29, 1.82) is 0 Å². The molecule has 0 aliphatic carbocycles. The summed E-state index contributed by atoms with van der Waals surface area (Å²) >= 11 is -0.588. The summed E-state index contributed by atoms with van der Waals surface area (Å²) in [5.74, 6) is 0.999. The van der Waals surface area contributed by atoms with Gasteiger partial charge in [0.2, 0.25) is 0 Å². The van der Waals surface area contributed by atoms with Crippen LogP contribution in [0, 0.1) is 3.70 Å². The maximum absolute atomic E-state index is 11.9. The zero-order valence-electron chi connectivity index (χ0n) is 11.9. The van der Waals surface area contributed by atoms with Crippen molar-refractivity contribution in [3.8, 4) is 0 Å². The van der Waals surface area contributed by atoms with Crippen molar-refractivity contribution in [1.82, 2.24) is 19.1 Å². The van der Waals surface area contributed by atoms with Crippen LogP contribution < -0.4 is 41.0 Å². The van der Waals surface area contributed by atoms with Gasteiger partial charge in [-0.1, -0.05) is 0 Å². The number of halogens is 1. The average molecular weight is 402 g/mol. The van der Waals surface area contributed by atoms with Gasteiger partial charge in [-0.3, -0.25) is 0 Å². The number of nitrogens with zero attached hydrogens (tertiary/aromatic N) is 1. The molecule has 6 nitrogen and oxygen atoms in total. The summed E-state index contributed by atoms with van der Waals surface area (Å²) in [6.07, 6.45) is 4.27. The molecule has 0 unspecified atom stereocenters. The van der Waals surface area contributed by atoms with Gasteiger partial charge in [-0.05, 0) is 0 Å². The van der Waals surface area contributed by atoms with E-state index in [1.165, 1.54) is 12.0 Å². The molecular formula is C14H21IN5O-. The van der Waals surface area contributed by atoms with E-state index in [4.69, 9.17) is 0 Å². The Hall–Kier alpha value is -1.09. The molecule has 0 atom stereocenters. The van der Waals surface area contributed by atoms with Crippen LogP contribution in [-0.2, 0) is 6.42 Å². The fourth-order valence-electron chi connectivity index (χ4n) is 2.63. The van der Waals surface area contributed by atoms with Gasteiger partial charge in [0.1, 0.15) is 0 Å². The van der Waals surface area contributed by atoms with Crippen molar-refractivity contribution in [2.75, 3.05) is 25.0 Å². The number of fused-ring (bicyclic) bond motifs is 1. The van der Waals surface area contributed by atoms with Gasteiger partial charge in [0.05, 0.1) is 0 Å². The molecule has 0 aromatic carbocycles. The van der Waals surface area contributed by atoms with E-state index in [0.29, 0.717) is 6.04 Å². The van der Waals surface area contributed by atoms with Gasteiger partial charge in [-0.15, -0.1) is 0 Å². The molecule has 2 aliphatic heterocycles. The summed E-state index contributed by atoms with van der Waals surface area (Å²) in [6, 6.07) is 4.43. The Balaban J connectivity index is 1.49. The Bertz CT molecular complexity index is 504. The van der Waals surface area contributed by atoms with Crippen LogP contribution in [0.25, 0.3) is 0 Å². The molecule has 1 aromatic rings. The van der Waals surface area contributed by atoms with Gasteiger partial charge >= 0.3 is 135 Å². The van der Waals surface area contributed by atoms with Gasteiger partial charge in [0.25, 0.3) is 0 Å². The molecule has 4 N–H and O–H groups in total. The Morgan fingerprint density at radius 2 is 2.14 bits per heavy atom. The molecule has 116 valence electrons. The number of aryl methyl sites for hydroxylation is 1. The van der Waals surface area contributed by atoms with Crippen molar-refractivity contribution in [3.05, 3.63) is 21.4 Å². The van der Waals surface area contributed by atoms with Gasteiger partial charge in [-0.25, -0.2) is 0 Å². The van der Waals surface area contributed by atoms with Crippen molar-refractivity contribution in [2.45, 2.75) is 31.7 Å². The van der Waals surface area contributed by atoms with Crippen LogP contribution >= 0.6 is 0 Å². The second-order valence-electron chi connectivity index (χ2n) is 5.36. The first-order valence-electron chi connectivity index (χ1n) is 7.46. The van der Waals surface area contributed by atoms with E-state index in [9.17, 15) is 4.79 Å². The Morgan fingerprint density at radius 1 is 1.29 bits per heavy atom. The number of carbonyl (C=O) groups excluding carboxylic acids is 1. The number of nitrogens with one attached hydrogen (secondary N) is 4.